The summed E-state index contributed by atoms with van der Waals surface area (Å²) < 4.78 is 1.33. The van der Waals surface area contributed by atoms with Crippen molar-refractivity contribution in [2.24, 2.45) is 0 Å². The van der Waals surface area contributed by atoms with Gasteiger partial charge in [0.15, 0.2) is 0 Å². The zero-order valence-electron chi connectivity index (χ0n) is 12.1. The monoisotopic (exact) mass is 289 g/mol. The van der Waals surface area contributed by atoms with Crippen LogP contribution in [0.15, 0.2) is 29.6 Å². The quantitative estimate of drug-likeness (QED) is 0.928. The number of hydrogen-bond acceptors (Lipinski definition) is 3. The van der Waals surface area contributed by atoms with Gasteiger partial charge in [-0.15, -0.1) is 11.3 Å². The van der Waals surface area contributed by atoms with Gasteiger partial charge in [-0.2, -0.15) is 0 Å². The minimum Gasteiger partial charge on any atom is -0.389 e. The van der Waals surface area contributed by atoms with E-state index in [1.807, 2.05) is 0 Å². The highest BCUT2D eigenvalue weighted by Gasteiger charge is 2.32. The fourth-order valence-electron chi connectivity index (χ4n) is 3.21. The van der Waals surface area contributed by atoms with E-state index in [4.69, 9.17) is 0 Å². The highest BCUT2D eigenvalue weighted by molar-refractivity contribution is 7.17. The summed E-state index contributed by atoms with van der Waals surface area (Å²) in [7, 11) is 0. The van der Waals surface area contributed by atoms with Crippen molar-refractivity contribution in [3.63, 3.8) is 0 Å². The average molecular weight is 289 g/mol. The van der Waals surface area contributed by atoms with Gasteiger partial charge in [-0.25, -0.2) is 0 Å². The molecule has 0 amide bonds. The Morgan fingerprint density at radius 1 is 1.25 bits per heavy atom. The van der Waals surface area contributed by atoms with E-state index in [0.717, 1.165) is 38.9 Å². The summed E-state index contributed by atoms with van der Waals surface area (Å²) in [5.74, 6) is 0. The van der Waals surface area contributed by atoms with Crippen molar-refractivity contribution in [2.45, 2.75) is 38.2 Å². The van der Waals surface area contributed by atoms with E-state index in [9.17, 15) is 5.11 Å². The topological polar surface area (TPSA) is 23.5 Å². The molecule has 0 radical (unpaired) electrons. The SMILES string of the molecule is CCCN1CCC(O)(Cc2csc3ccccc23)CC1. The van der Waals surface area contributed by atoms with E-state index in [0.29, 0.717) is 0 Å². The molecule has 0 unspecified atom stereocenters. The van der Waals surface area contributed by atoms with Crippen LogP contribution in [-0.2, 0) is 6.42 Å². The number of nitrogens with zero attached hydrogens (tertiary/aromatic N) is 1. The van der Waals surface area contributed by atoms with Crippen molar-refractivity contribution in [1.29, 1.82) is 0 Å². The van der Waals surface area contributed by atoms with Gasteiger partial charge >= 0.3 is 0 Å². The molecule has 1 aromatic carbocycles. The van der Waals surface area contributed by atoms with Crippen molar-refractivity contribution in [1.82, 2.24) is 4.90 Å². The van der Waals surface area contributed by atoms with Gasteiger partial charge in [0.1, 0.15) is 0 Å². The first-order valence-corrected chi connectivity index (χ1v) is 8.48. The fourth-order valence-corrected chi connectivity index (χ4v) is 4.17. The summed E-state index contributed by atoms with van der Waals surface area (Å²) in [5.41, 5.74) is 0.811. The first-order valence-electron chi connectivity index (χ1n) is 7.60. The lowest BCUT2D eigenvalue weighted by Crippen LogP contribution is -2.45. The number of likely N-dealkylation sites (tertiary alicyclic amines) is 1. The third kappa shape index (κ3) is 2.90. The first kappa shape index (κ1) is 14.1. The first-order chi connectivity index (χ1) is 9.70. The van der Waals surface area contributed by atoms with Crippen LogP contribution in [0.4, 0.5) is 0 Å². The van der Waals surface area contributed by atoms with Crippen LogP contribution in [0.1, 0.15) is 31.7 Å². The molecule has 2 aromatic rings. The highest BCUT2D eigenvalue weighted by atomic mass is 32.1. The lowest BCUT2D eigenvalue weighted by molar-refractivity contribution is -0.0202. The third-order valence-electron chi connectivity index (χ3n) is 4.41. The summed E-state index contributed by atoms with van der Waals surface area (Å²) in [6.45, 7) is 5.45. The van der Waals surface area contributed by atoms with Crippen LogP contribution in [0, 0.1) is 0 Å². The van der Waals surface area contributed by atoms with Gasteiger partial charge < -0.3 is 10.0 Å². The van der Waals surface area contributed by atoms with Gasteiger partial charge in [0, 0.05) is 24.2 Å². The van der Waals surface area contributed by atoms with Crippen LogP contribution < -0.4 is 0 Å². The Morgan fingerprint density at radius 3 is 2.75 bits per heavy atom. The smallest absolute Gasteiger partial charge is 0.0712 e. The number of fused-ring (bicyclic) bond motifs is 1. The Hall–Kier alpha value is -0.900. The van der Waals surface area contributed by atoms with Crippen LogP contribution in [0.2, 0.25) is 0 Å². The molecule has 0 spiro atoms. The van der Waals surface area contributed by atoms with Crippen LogP contribution in [0.3, 0.4) is 0 Å². The summed E-state index contributed by atoms with van der Waals surface area (Å²) >= 11 is 1.79. The largest absolute Gasteiger partial charge is 0.389 e. The molecule has 0 bridgehead atoms. The van der Waals surface area contributed by atoms with Crippen LogP contribution in [0.5, 0.6) is 0 Å². The van der Waals surface area contributed by atoms with Gasteiger partial charge in [0.2, 0.25) is 0 Å². The second-order valence-corrected chi connectivity index (χ2v) is 6.91. The van der Waals surface area contributed by atoms with E-state index in [2.05, 4.69) is 41.5 Å². The minimum atomic E-state index is -0.506. The maximum Gasteiger partial charge on any atom is 0.0712 e. The maximum absolute atomic E-state index is 10.9. The Bertz CT molecular complexity index is 569. The molecule has 1 fully saturated rings. The normalized spacial score (nSPS) is 19.5. The fraction of sp³-hybridized carbons (Fsp3) is 0.529. The second kappa shape index (κ2) is 5.84. The Morgan fingerprint density at radius 2 is 2.00 bits per heavy atom. The summed E-state index contributed by atoms with van der Waals surface area (Å²) in [4.78, 5) is 2.47. The minimum absolute atomic E-state index is 0.506. The van der Waals surface area contributed by atoms with Gasteiger partial charge in [-0.3, -0.25) is 0 Å². The molecule has 2 nitrogen and oxygen atoms in total. The number of rotatable bonds is 4. The second-order valence-electron chi connectivity index (χ2n) is 6.00. The zero-order valence-corrected chi connectivity index (χ0v) is 13.0. The van der Waals surface area contributed by atoms with Crippen molar-refractivity contribution in [2.75, 3.05) is 19.6 Å². The molecule has 0 aliphatic carbocycles. The molecule has 0 saturated carbocycles. The van der Waals surface area contributed by atoms with Gasteiger partial charge in [-0.1, -0.05) is 25.1 Å². The predicted octanol–water partition coefficient (Wildman–Crippen LogP) is 3.68. The molecule has 3 rings (SSSR count). The summed E-state index contributed by atoms with van der Waals surface area (Å²) in [6, 6.07) is 8.52. The third-order valence-corrected chi connectivity index (χ3v) is 5.42. The number of piperidine rings is 1. The van der Waals surface area contributed by atoms with Crippen LogP contribution in [0.25, 0.3) is 10.1 Å². The molecule has 1 aliphatic rings. The van der Waals surface area contributed by atoms with Crippen molar-refractivity contribution in [3.05, 3.63) is 35.2 Å². The van der Waals surface area contributed by atoms with Crippen molar-refractivity contribution in [3.8, 4) is 0 Å². The lowest BCUT2D eigenvalue weighted by atomic mass is 9.85. The Kier molecular flexibility index (Phi) is 4.11. The lowest BCUT2D eigenvalue weighted by Gasteiger charge is -2.38. The molecule has 2 heterocycles. The van der Waals surface area contributed by atoms with Crippen LogP contribution >= 0.6 is 11.3 Å². The highest BCUT2D eigenvalue weighted by Crippen LogP contribution is 2.32. The van der Waals surface area contributed by atoms with Gasteiger partial charge in [0.25, 0.3) is 0 Å². The summed E-state index contributed by atoms with van der Waals surface area (Å²) in [6.07, 6.45) is 3.80. The van der Waals surface area contributed by atoms with E-state index in [1.54, 1.807) is 11.3 Å². The molecule has 108 valence electrons. The zero-order chi connectivity index (χ0) is 14.0. The molecular formula is C17H23NOS. The maximum atomic E-state index is 10.9. The molecule has 1 saturated heterocycles. The number of aliphatic hydroxyl groups is 1. The standard InChI is InChI=1S/C17H23NOS/c1-2-9-18-10-7-17(19,8-11-18)12-14-13-20-16-6-4-3-5-15(14)16/h3-6,13,19H,2,7-12H2,1H3. The van der Waals surface area contributed by atoms with Gasteiger partial charge in [-0.05, 0) is 48.2 Å². The predicted molar refractivity (Wildman–Crippen MR) is 86.4 cm³/mol. The molecular weight excluding hydrogens is 266 g/mol. The Labute approximate surface area is 125 Å². The van der Waals surface area contributed by atoms with Crippen molar-refractivity contribution >= 4 is 21.4 Å². The van der Waals surface area contributed by atoms with Crippen LogP contribution in [-0.4, -0.2) is 35.2 Å². The van der Waals surface area contributed by atoms with E-state index < -0.39 is 5.60 Å². The molecule has 1 aliphatic heterocycles. The molecule has 3 heteroatoms. The molecule has 1 N–H and O–H groups in total. The van der Waals surface area contributed by atoms with E-state index in [1.165, 1.54) is 22.1 Å². The van der Waals surface area contributed by atoms with E-state index in [-0.39, 0.29) is 0 Å². The number of thiophene rings is 1. The Balaban J connectivity index is 1.71. The average Bonchev–Trinajstić information content (AvgIpc) is 2.85. The number of hydrogen-bond donors (Lipinski definition) is 1. The molecule has 1 aromatic heterocycles. The molecule has 0 atom stereocenters. The van der Waals surface area contributed by atoms with E-state index >= 15 is 0 Å². The van der Waals surface area contributed by atoms with Crippen molar-refractivity contribution < 1.29 is 5.11 Å². The number of benzene rings is 1. The molecule has 20 heavy (non-hydrogen) atoms. The van der Waals surface area contributed by atoms with Gasteiger partial charge in [0.05, 0.1) is 5.60 Å². The summed E-state index contributed by atoms with van der Waals surface area (Å²) in [5, 5.41) is 14.4.